The summed E-state index contributed by atoms with van der Waals surface area (Å²) in [5.41, 5.74) is 12.1. The zero-order valence-corrected chi connectivity index (χ0v) is 30.7. The third-order valence-electron chi connectivity index (χ3n) is 10.1. The van der Waals surface area contributed by atoms with Crippen LogP contribution in [-0.2, 0) is 0 Å². The number of nitriles is 3. The molecule has 0 aliphatic heterocycles. The largest absolute Gasteiger partial charge is 0.311 e. The van der Waals surface area contributed by atoms with Gasteiger partial charge in [-0.3, -0.25) is 0 Å². The number of hydrogen-bond donors (Lipinski definition) is 0. The lowest BCUT2D eigenvalue weighted by Crippen LogP contribution is -2.09. The third-order valence-corrected chi connectivity index (χ3v) is 10.1. The molecule has 0 N–H and O–H groups in total. The van der Waals surface area contributed by atoms with Gasteiger partial charge < -0.3 is 9.47 Å². The van der Waals surface area contributed by atoms with E-state index < -0.39 is 0 Å². The van der Waals surface area contributed by atoms with Gasteiger partial charge in [-0.1, -0.05) is 54.6 Å². The van der Waals surface area contributed by atoms with Gasteiger partial charge in [0.05, 0.1) is 63.9 Å². The Balaban J connectivity index is 1.14. The molecule has 2 aromatic heterocycles. The fourth-order valence-corrected chi connectivity index (χ4v) is 7.25. The summed E-state index contributed by atoms with van der Waals surface area (Å²) in [5.74, 6) is 0.529. The molecular weight excluding hydrogens is 713 g/mol. The Morgan fingerprint density at radius 1 is 0.483 bits per heavy atom. The highest BCUT2D eigenvalue weighted by atomic mass is 15.1. The predicted octanol–water partition coefficient (Wildman–Crippen LogP) is 12.2. The second-order valence-corrected chi connectivity index (χ2v) is 13.6. The van der Waals surface area contributed by atoms with Crippen molar-refractivity contribution in [2.45, 2.75) is 0 Å². The fourth-order valence-electron chi connectivity index (χ4n) is 7.25. The van der Waals surface area contributed by atoms with Gasteiger partial charge in [0.25, 0.3) is 0 Å². The van der Waals surface area contributed by atoms with Gasteiger partial charge in [0.1, 0.15) is 0 Å². The molecule has 2 heterocycles. The monoisotopic (exact) mass is 740 g/mol. The summed E-state index contributed by atoms with van der Waals surface area (Å²) in [5, 5.41) is 30.4. The Kier molecular flexibility index (Phi) is 8.90. The predicted molar refractivity (Wildman–Crippen MR) is 228 cm³/mol. The van der Waals surface area contributed by atoms with Crippen molar-refractivity contribution >= 4 is 44.6 Å². The molecule has 0 radical (unpaired) electrons. The first kappa shape index (κ1) is 34.9. The molecule has 0 bridgehead atoms. The molecule has 0 fully saturated rings. The number of aromatic nitrogens is 3. The van der Waals surface area contributed by atoms with Crippen LogP contribution in [0.1, 0.15) is 16.7 Å². The van der Waals surface area contributed by atoms with Gasteiger partial charge in [-0.05, 0) is 115 Å². The molecule has 8 heteroatoms. The lowest BCUT2D eigenvalue weighted by Gasteiger charge is -2.26. The summed E-state index contributed by atoms with van der Waals surface area (Å²) in [7, 11) is 0. The van der Waals surface area contributed by atoms with E-state index in [1.54, 1.807) is 24.3 Å². The average Bonchev–Trinajstić information content (AvgIpc) is 3.63. The van der Waals surface area contributed by atoms with Crippen LogP contribution in [0.2, 0.25) is 0 Å². The number of hydrogen-bond acceptors (Lipinski definition) is 6. The smallest absolute Gasteiger partial charge is 0.187 e. The van der Waals surface area contributed by atoms with Crippen LogP contribution < -0.4 is 4.90 Å². The van der Waals surface area contributed by atoms with Crippen molar-refractivity contribution in [2.24, 2.45) is 0 Å². The second-order valence-electron chi connectivity index (χ2n) is 13.6. The molecular formula is C50H28N8. The first-order chi connectivity index (χ1) is 28.5. The van der Waals surface area contributed by atoms with Crippen LogP contribution in [-0.4, -0.2) is 14.5 Å². The minimum absolute atomic E-state index is 0.529. The van der Waals surface area contributed by atoms with Gasteiger partial charge in [0.2, 0.25) is 0 Å². The molecule has 0 spiro atoms. The van der Waals surface area contributed by atoms with Gasteiger partial charge in [0, 0.05) is 50.2 Å². The van der Waals surface area contributed by atoms with Gasteiger partial charge in [-0.2, -0.15) is 15.8 Å². The molecule has 0 aliphatic carbocycles. The van der Waals surface area contributed by atoms with E-state index in [0.717, 1.165) is 66.9 Å². The average molecular weight is 741 g/mol. The number of benzene rings is 7. The maximum atomic E-state index is 9.47. The molecule has 0 saturated carbocycles. The first-order valence-electron chi connectivity index (χ1n) is 18.4. The van der Waals surface area contributed by atoms with E-state index in [9.17, 15) is 15.8 Å². The Morgan fingerprint density at radius 3 is 1.53 bits per heavy atom. The van der Waals surface area contributed by atoms with Gasteiger partial charge >= 0.3 is 0 Å². The number of anilines is 3. The van der Waals surface area contributed by atoms with Crippen LogP contribution in [0.5, 0.6) is 0 Å². The topological polar surface area (TPSA) is 110 Å². The summed E-state index contributed by atoms with van der Waals surface area (Å²) in [6.07, 6.45) is 0. The zero-order chi connectivity index (χ0) is 39.6. The quantitative estimate of drug-likeness (QED) is 0.150. The lowest BCUT2D eigenvalue weighted by molar-refractivity contribution is 1.17. The van der Waals surface area contributed by atoms with Crippen LogP contribution in [0.15, 0.2) is 170 Å². The number of nitrogens with zero attached hydrogens (tertiary/aromatic N) is 8. The van der Waals surface area contributed by atoms with Crippen molar-refractivity contribution in [1.29, 1.82) is 15.8 Å². The maximum absolute atomic E-state index is 9.47. The van der Waals surface area contributed by atoms with E-state index in [2.05, 4.69) is 93.2 Å². The van der Waals surface area contributed by atoms with Crippen LogP contribution in [0.25, 0.3) is 66.2 Å². The molecule has 0 aliphatic rings. The molecule has 268 valence electrons. The van der Waals surface area contributed by atoms with Crippen molar-refractivity contribution in [2.75, 3.05) is 4.90 Å². The standard InChI is InChI=1S/C50H28N8/c1-54-39-18-24-41(25-19-39)57(40-20-10-35(32-53)11-21-40)43-26-27-49-45(28-43)44-4-2-3-5-48(44)58(49)42-22-16-37(17-23-42)47-29-46(36-12-6-33(30-51)7-13-36)55-50(56-47)38-14-8-34(31-52)9-15-38/h2-29H. The highest BCUT2D eigenvalue weighted by molar-refractivity contribution is 6.10. The molecule has 0 amide bonds. The molecule has 0 saturated heterocycles. The normalized spacial score (nSPS) is 10.7. The van der Waals surface area contributed by atoms with Crippen LogP contribution >= 0.6 is 0 Å². The van der Waals surface area contributed by atoms with Crippen molar-refractivity contribution in [3.05, 3.63) is 198 Å². The SMILES string of the molecule is [C-]#[N+]c1ccc(N(c2ccc(C#N)cc2)c2ccc3c(c2)c2ccccc2n3-c2ccc(-c3cc(-c4ccc(C#N)cc4)nc(-c4ccc(C#N)cc4)n3)cc2)cc1. The Labute approximate surface area is 334 Å². The highest BCUT2D eigenvalue weighted by Gasteiger charge is 2.18. The van der Waals surface area contributed by atoms with E-state index in [1.807, 2.05) is 84.9 Å². The molecule has 58 heavy (non-hydrogen) atoms. The van der Waals surface area contributed by atoms with E-state index in [-0.39, 0.29) is 0 Å². The summed E-state index contributed by atoms with van der Waals surface area (Å²) in [6, 6.07) is 61.2. The number of fused-ring (bicyclic) bond motifs is 3. The summed E-state index contributed by atoms with van der Waals surface area (Å²) >= 11 is 0. The lowest BCUT2D eigenvalue weighted by atomic mass is 10.0. The van der Waals surface area contributed by atoms with Crippen LogP contribution in [0.4, 0.5) is 22.7 Å². The molecule has 8 nitrogen and oxygen atoms in total. The molecule has 0 atom stereocenters. The van der Waals surface area contributed by atoms with Crippen molar-refractivity contribution in [1.82, 2.24) is 14.5 Å². The fraction of sp³-hybridized carbons (Fsp3) is 0. The van der Waals surface area contributed by atoms with Gasteiger partial charge in [-0.25, -0.2) is 14.8 Å². The van der Waals surface area contributed by atoms with Gasteiger partial charge in [0.15, 0.2) is 11.5 Å². The molecule has 9 rings (SSSR count). The van der Waals surface area contributed by atoms with Crippen molar-refractivity contribution in [3.63, 3.8) is 0 Å². The van der Waals surface area contributed by atoms with E-state index >= 15 is 0 Å². The maximum Gasteiger partial charge on any atom is 0.187 e. The third kappa shape index (κ3) is 6.42. The van der Waals surface area contributed by atoms with Crippen molar-refractivity contribution < 1.29 is 0 Å². The van der Waals surface area contributed by atoms with Crippen LogP contribution in [0.3, 0.4) is 0 Å². The first-order valence-corrected chi connectivity index (χ1v) is 18.4. The van der Waals surface area contributed by atoms with Crippen molar-refractivity contribution in [3.8, 4) is 57.8 Å². The zero-order valence-electron chi connectivity index (χ0n) is 30.7. The minimum atomic E-state index is 0.529. The van der Waals surface area contributed by atoms with E-state index in [0.29, 0.717) is 33.9 Å². The molecule has 9 aromatic rings. The van der Waals surface area contributed by atoms with E-state index in [4.69, 9.17) is 16.5 Å². The number of rotatable bonds is 7. The van der Waals surface area contributed by atoms with Crippen LogP contribution in [0, 0.1) is 40.6 Å². The molecule has 0 unspecified atom stereocenters. The molecule has 7 aromatic carbocycles. The summed E-state index contributed by atoms with van der Waals surface area (Å²) in [4.78, 5) is 15.6. The van der Waals surface area contributed by atoms with Gasteiger partial charge in [-0.15, -0.1) is 0 Å². The minimum Gasteiger partial charge on any atom is -0.311 e. The summed E-state index contributed by atoms with van der Waals surface area (Å²) in [6.45, 7) is 7.45. The highest BCUT2D eigenvalue weighted by Crippen LogP contribution is 2.40. The number of para-hydroxylation sites is 1. The Bertz CT molecular complexity index is 3040. The Morgan fingerprint density at radius 2 is 0.966 bits per heavy atom. The Hall–Kier alpha value is -8.82. The second kappa shape index (κ2) is 14.8. The van der Waals surface area contributed by atoms with E-state index in [1.165, 1.54) is 0 Å². The summed E-state index contributed by atoms with van der Waals surface area (Å²) < 4.78 is 2.26.